The Morgan fingerprint density at radius 3 is 2.62 bits per heavy atom. The van der Waals surface area contributed by atoms with Gasteiger partial charge in [-0.05, 0) is 25.0 Å². The summed E-state index contributed by atoms with van der Waals surface area (Å²) in [7, 11) is 1.46. The first kappa shape index (κ1) is 15.3. The summed E-state index contributed by atoms with van der Waals surface area (Å²) in [6, 6.07) is 4.36. The molecule has 21 heavy (non-hydrogen) atoms. The predicted octanol–water partition coefficient (Wildman–Crippen LogP) is 0.840. The maximum absolute atomic E-state index is 12.3. The first-order valence-corrected chi connectivity index (χ1v) is 6.56. The number of anilines is 1. The SMILES string of the molecule is COc1ccc(C(=O)O)c(NC(=O)C2(N)CCOCC2)c1. The molecule has 1 heterocycles. The molecule has 0 unspecified atom stereocenters. The number of benzene rings is 1. The lowest BCUT2D eigenvalue weighted by Crippen LogP contribution is -2.54. The Bertz CT molecular complexity index is 552. The molecule has 0 spiro atoms. The minimum absolute atomic E-state index is 0.0141. The Hall–Kier alpha value is -2.12. The van der Waals surface area contributed by atoms with E-state index in [0.717, 1.165) is 0 Å². The summed E-state index contributed by atoms with van der Waals surface area (Å²) in [5, 5.41) is 11.8. The molecular weight excluding hydrogens is 276 g/mol. The lowest BCUT2D eigenvalue weighted by Gasteiger charge is -2.31. The second-order valence-electron chi connectivity index (χ2n) is 4.94. The third-order valence-corrected chi connectivity index (χ3v) is 3.54. The normalized spacial score (nSPS) is 17.0. The van der Waals surface area contributed by atoms with Crippen LogP contribution < -0.4 is 15.8 Å². The Labute approximate surface area is 122 Å². The number of carbonyl (C=O) groups excluding carboxylic acids is 1. The lowest BCUT2D eigenvalue weighted by atomic mass is 9.90. The topological polar surface area (TPSA) is 111 Å². The van der Waals surface area contributed by atoms with Gasteiger partial charge in [0.2, 0.25) is 5.91 Å². The van der Waals surface area contributed by atoms with Crippen molar-refractivity contribution in [3.63, 3.8) is 0 Å². The molecule has 0 aromatic heterocycles. The lowest BCUT2D eigenvalue weighted by molar-refractivity contribution is -0.124. The van der Waals surface area contributed by atoms with Crippen LogP contribution in [0.1, 0.15) is 23.2 Å². The molecule has 0 saturated carbocycles. The summed E-state index contributed by atoms with van der Waals surface area (Å²) in [4.78, 5) is 23.6. The maximum Gasteiger partial charge on any atom is 0.337 e. The van der Waals surface area contributed by atoms with Gasteiger partial charge in [0, 0.05) is 19.3 Å². The smallest absolute Gasteiger partial charge is 0.337 e. The van der Waals surface area contributed by atoms with E-state index in [4.69, 9.17) is 15.2 Å². The Balaban J connectivity index is 2.25. The number of hydrogen-bond donors (Lipinski definition) is 3. The maximum atomic E-state index is 12.3. The number of nitrogens with one attached hydrogen (secondary N) is 1. The molecule has 1 aliphatic rings. The molecule has 1 aromatic carbocycles. The monoisotopic (exact) mass is 294 g/mol. The molecule has 4 N–H and O–H groups in total. The van der Waals surface area contributed by atoms with Gasteiger partial charge in [-0.15, -0.1) is 0 Å². The van der Waals surface area contributed by atoms with Crippen molar-refractivity contribution in [1.29, 1.82) is 0 Å². The van der Waals surface area contributed by atoms with Crippen LogP contribution >= 0.6 is 0 Å². The third-order valence-electron chi connectivity index (χ3n) is 3.54. The fourth-order valence-electron chi connectivity index (χ4n) is 2.15. The van der Waals surface area contributed by atoms with Gasteiger partial charge in [0.15, 0.2) is 0 Å². The zero-order valence-electron chi connectivity index (χ0n) is 11.7. The van der Waals surface area contributed by atoms with Gasteiger partial charge in [0.25, 0.3) is 0 Å². The Kier molecular flexibility index (Phi) is 4.44. The van der Waals surface area contributed by atoms with Crippen LogP contribution in [0.4, 0.5) is 5.69 Å². The predicted molar refractivity (Wildman–Crippen MR) is 75.6 cm³/mol. The van der Waals surface area contributed by atoms with Gasteiger partial charge < -0.3 is 25.6 Å². The molecule has 1 saturated heterocycles. The highest BCUT2D eigenvalue weighted by atomic mass is 16.5. The largest absolute Gasteiger partial charge is 0.497 e. The Morgan fingerprint density at radius 2 is 2.05 bits per heavy atom. The van der Waals surface area contributed by atoms with E-state index in [9.17, 15) is 14.7 Å². The Morgan fingerprint density at radius 1 is 1.38 bits per heavy atom. The highest BCUT2D eigenvalue weighted by molar-refractivity contribution is 6.04. The van der Waals surface area contributed by atoms with Crippen LogP contribution in [-0.4, -0.2) is 42.8 Å². The van der Waals surface area contributed by atoms with Gasteiger partial charge in [-0.2, -0.15) is 0 Å². The number of carbonyl (C=O) groups is 2. The van der Waals surface area contributed by atoms with E-state index in [1.54, 1.807) is 0 Å². The number of carboxylic acid groups (broad SMARTS) is 1. The van der Waals surface area contributed by atoms with Crippen molar-refractivity contribution in [2.24, 2.45) is 5.73 Å². The molecule has 7 heteroatoms. The number of hydrogen-bond acceptors (Lipinski definition) is 5. The fourth-order valence-corrected chi connectivity index (χ4v) is 2.15. The van der Waals surface area contributed by atoms with Crippen molar-refractivity contribution in [3.8, 4) is 5.75 Å². The molecule has 0 aliphatic carbocycles. The van der Waals surface area contributed by atoms with Gasteiger partial charge in [-0.1, -0.05) is 0 Å². The summed E-state index contributed by atoms with van der Waals surface area (Å²) in [6.07, 6.45) is 0.788. The number of amides is 1. The van der Waals surface area contributed by atoms with Gasteiger partial charge in [-0.3, -0.25) is 4.79 Å². The van der Waals surface area contributed by atoms with Gasteiger partial charge >= 0.3 is 5.97 Å². The quantitative estimate of drug-likeness (QED) is 0.759. The molecular formula is C14H18N2O5. The van der Waals surface area contributed by atoms with Crippen molar-refractivity contribution in [2.75, 3.05) is 25.6 Å². The average molecular weight is 294 g/mol. The van der Waals surface area contributed by atoms with Crippen molar-refractivity contribution in [3.05, 3.63) is 23.8 Å². The molecule has 1 aromatic rings. The zero-order chi connectivity index (χ0) is 15.5. The van der Waals surface area contributed by atoms with E-state index in [-0.39, 0.29) is 11.3 Å². The summed E-state index contributed by atoms with van der Waals surface area (Å²) >= 11 is 0. The molecule has 0 radical (unpaired) electrons. The summed E-state index contributed by atoms with van der Waals surface area (Å²) in [5.41, 5.74) is 5.19. The fraction of sp³-hybridized carbons (Fsp3) is 0.429. The molecule has 2 rings (SSSR count). The van der Waals surface area contributed by atoms with Crippen LogP contribution in [0, 0.1) is 0 Å². The second-order valence-corrected chi connectivity index (χ2v) is 4.94. The molecule has 1 aliphatic heterocycles. The van der Waals surface area contributed by atoms with Crippen molar-refractivity contribution < 1.29 is 24.2 Å². The third kappa shape index (κ3) is 3.32. The number of carboxylic acids is 1. The second kappa shape index (κ2) is 6.11. The molecule has 7 nitrogen and oxygen atoms in total. The van der Waals surface area contributed by atoms with E-state index in [2.05, 4.69) is 5.32 Å². The minimum atomic E-state index is -1.13. The first-order chi connectivity index (χ1) is 9.96. The summed E-state index contributed by atoms with van der Waals surface area (Å²) in [6.45, 7) is 0.821. The van der Waals surface area contributed by atoms with E-state index in [1.165, 1.54) is 25.3 Å². The highest BCUT2D eigenvalue weighted by Crippen LogP contribution is 2.25. The van der Waals surface area contributed by atoms with E-state index < -0.39 is 17.4 Å². The van der Waals surface area contributed by atoms with E-state index >= 15 is 0 Å². The van der Waals surface area contributed by atoms with Crippen molar-refractivity contribution in [2.45, 2.75) is 18.4 Å². The summed E-state index contributed by atoms with van der Waals surface area (Å²) < 4.78 is 10.2. The van der Waals surface area contributed by atoms with Crippen molar-refractivity contribution >= 4 is 17.6 Å². The minimum Gasteiger partial charge on any atom is -0.497 e. The van der Waals surface area contributed by atoms with Gasteiger partial charge in [0.05, 0.1) is 18.4 Å². The molecule has 114 valence electrons. The van der Waals surface area contributed by atoms with Crippen LogP contribution in [0.2, 0.25) is 0 Å². The van der Waals surface area contributed by atoms with Gasteiger partial charge in [-0.25, -0.2) is 4.79 Å². The molecule has 1 fully saturated rings. The van der Waals surface area contributed by atoms with Crippen molar-refractivity contribution in [1.82, 2.24) is 0 Å². The average Bonchev–Trinajstić information content (AvgIpc) is 2.47. The molecule has 0 atom stereocenters. The number of rotatable bonds is 4. The van der Waals surface area contributed by atoms with Crippen LogP contribution in [0.5, 0.6) is 5.75 Å². The summed E-state index contributed by atoms with van der Waals surface area (Å²) in [5.74, 6) is -1.10. The van der Waals surface area contributed by atoms with Crippen LogP contribution in [0.25, 0.3) is 0 Å². The molecule has 1 amide bonds. The molecule has 0 bridgehead atoms. The zero-order valence-corrected chi connectivity index (χ0v) is 11.7. The number of nitrogens with two attached hydrogens (primary N) is 1. The number of aromatic carboxylic acids is 1. The van der Waals surface area contributed by atoms with Crippen LogP contribution in [0.3, 0.4) is 0 Å². The van der Waals surface area contributed by atoms with Crippen LogP contribution in [-0.2, 0) is 9.53 Å². The first-order valence-electron chi connectivity index (χ1n) is 6.56. The van der Waals surface area contributed by atoms with E-state index in [1.807, 2.05) is 0 Å². The van der Waals surface area contributed by atoms with E-state index in [0.29, 0.717) is 31.8 Å². The number of methoxy groups -OCH3 is 1. The van der Waals surface area contributed by atoms with Gasteiger partial charge in [0.1, 0.15) is 11.3 Å². The standard InChI is InChI=1S/C14H18N2O5/c1-20-9-2-3-10(12(17)18)11(8-9)16-13(19)14(15)4-6-21-7-5-14/h2-3,8H,4-7,15H2,1H3,(H,16,19)(H,17,18). The van der Waals surface area contributed by atoms with Crippen LogP contribution in [0.15, 0.2) is 18.2 Å². The highest BCUT2D eigenvalue weighted by Gasteiger charge is 2.36. The number of ether oxygens (including phenoxy) is 2.